The molecular formula is C12H11N3O4S. The molecule has 0 saturated heterocycles. The Bertz CT molecular complexity index is 642. The van der Waals surface area contributed by atoms with E-state index in [-0.39, 0.29) is 11.6 Å². The molecular weight excluding hydrogens is 282 g/mol. The van der Waals surface area contributed by atoms with Gasteiger partial charge in [0.05, 0.1) is 16.5 Å². The second-order valence-corrected chi connectivity index (χ2v) is 4.92. The first-order valence-electron chi connectivity index (χ1n) is 5.67. The van der Waals surface area contributed by atoms with E-state index in [4.69, 9.17) is 0 Å². The van der Waals surface area contributed by atoms with Crippen molar-refractivity contribution in [3.05, 3.63) is 50.5 Å². The molecule has 0 fully saturated rings. The number of benzene rings is 1. The highest BCUT2D eigenvalue weighted by atomic mass is 32.1. The molecule has 2 aromatic rings. The zero-order valence-corrected chi connectivity index (χ0v) is 11.3. The number of nitro benzene ring substituents is 1. The summed E-state index contributed by atoms with van der Waals surface area (Å²) < 4.78 is 0. The molecule has 0 radical (unpaired) electrons. The Morgan fingerprint density at radius 3 is 2.90 bits per heavy atom. The lowest BCUT2D eigenvalue weighted by molar-refractivity contribution is -0.385. The average molecular weight is 293 g/mol. The summed E-state index contributed by atoms with van der Waals surface area (Å²) >= 11 is 1.38. The van der Waals surface area contributed by atoms with Gasteiger partial charge in [0.1, 0.15) is 5.01 Å². The average Bonchev–Trinajstić information content (AvgIpc) is 2.92. The first-order valence-corrected chi connectivity index (χ1v) is 6.55. The molecule has 1 aromatic heterocycles. The van der Waals surface area contributed by atoms with Gasteiger partial charge < -0.3 is 10.4 Å². The summed E-state index contributed by atoms with van der Waals surface area (Å²) in [6.45, 7) is 1.74. The molecule has 1 unspecified atom stereocenters. The minimum atomic E-state index is -0.740. The SMILES string of the molecule is CC(NC(=O)c1cccc([N+](=O)[O-])c1O)c1nccs1. The number of carbonyl (C=O) groups excluding carboxylic acids is 1. The molecule has 104 valence electrons. The second kappa shape index (κ2) is 5.66. The molecule has 0 aliphatic carbocycles. The van der Waals surface area contributed by atoms with Crippen molar-refractivity contribution < 1.29 is 14.8 Å². The predicted octanol–water partition coefficient (Wildman–Crippen LogP) is 2.25. The van der Waals surface area contributed by atoms with Crippen molar-refractivity contribution in [2.45, 2.75) is 13.0 Å². The van der Waals surface area contributed by atoms with Crippen LogP contribution in [0.3, 0.4) is 0 Å². The zero-order chi connectivity index (χ0) is 14.7. The van der Waals surface area contributed by atoms with Crippen molar-refractivity contribution in [1.29, 1.82) is 0 Å². The number of phenols is 1. The van der Waals surface area contributed by atoms with Crippen LogP contribution in [0, 0.1) is 10.1 Å². The van der Waals surface area contributed by atoms with E-state index in [1.54, 1.807) is 18.5 Å². The van der Waals surface area contributed by atoms with Crippen molar-refractivity contribution in [3.8, 4) is 5.75 Å². The Morgan fingerprint density at radius 2 is 2.30 bits per heavy atom. The quantitative estimate of drug-likeness (QED) is 0.664. The number of thiazole rings is 1. The number of nitrogens with one attached hydrogen (secondary N) is 1. The minimum absolute atomic E-state index is 0.136. The fourth-order valence-corrected chi connectivity index (χ4v) is 2.29. The van der Waals surface area contributed by atoms with Gasteiger partial charge in [-0.1, -0.05) is 6.07 Å². The lowest BCUT2D eigenvalue weighted by Gasteiger charge is -2.11. The number of hydrogen-bond acceptors (Lipinski definition) is 6. The maximum absolute atomic E-state index is 12.0. The summed E-state index contributed by atoms with van der Waals surface area (Å²) in [5.41, 5.74) is -0.637. The molecule has 0 aliphatic heterocycles. The van der Waals surface area contributed by atoms with Crippen LogP contribution in [0.1, 0.15) is 28.3 Å². The molecule has 1 atom stereocenters. The third-order valence-corrected chi connectivity index (χ3v) is 3.58. The van der Waals surface area contributed by atoms with Gasteiger partial charge in [-0.25, -0.2) is 4.98 Å². The topological polar surface area (TPSA) is 105 Å². The monoisotopic (exact) mass is 293 g/mol. The van der Waals surface area contributed by atoms with Crippen molar-refractivity contribution in [2.24, 2.45) is 0 Å². The molecule has 2 N–H and O–H groups in total. The highest BCUT2D eigenvalue weighted by Crippen LogP contribution is 2.29. The fourth-order valence-electron chi connectivity index (χ4n) is 1.65. The molecule has 1 aromatic carbocycles. The molecule has 20 heavy (non-hydrogen) atoms. The molecule has 7 nitrogen and oxygen atoms in total. The second-order valence-electron chi connectivity index (χ2n) is 4.00. The molecule has 1 heterocycles. The maximum atomic E-state index is 12.0. The van der Waals surface area contributed by atoms with Crippen LogP contribution in [-0.2, 0) is 0 Å². The van der Waals surface area contributed by atoms with E-state index in [9.17, 15) is 20.0 Å². The van der Waals surface area contributed by atoms with Gasteiger partial charge >= 0.3 is 5.69 Å². The number of aromatic hydroxyl groups is 1. The van der Waals surface area contributed by atoms with Gasteiger partial charge in [0.15, 0.2) is 0 Å². The predicted molar refractivity (Wildman–Crippen MR) is 72.8 cm³/mol. The lowest BCUT2D eigenvalue weighted by Crippen LogP contribution is -2.26. The van der Waals surface area contributed by atoms with Gasteiger partial charge in [0.2, 0.25) is 5.75 Å². The number of hydrogen-bond donors (Lipinski definition) is 2. The normalized spacial score (nSPS) is 11.8. The first-order chi connectivity index (χ1) is 9.50. The summed E-state index contributed by atoms with van der Waals surface area (Å²) in [4.78, 5) is 26.1. The van der Waals surface area contributed by atoms with Crippen LogP contribution < -0.4 is 5.32 Å². The Hall–Kier alpha value is -2.48. The van der Waals surface area contributed by atoms with E-state index in [2.05, 4.69) is 10.3 Å². The molecule has 1 amide bonds. The third-order valence-electron chi connectivity index (χ3n) is 2.63. The third kappa shape index (κ3) is 2.75. The van der Waals surface area contributed by atoms with Crippen LogP contribution in [0.4, 0.5) is 5.69 Å². The van der Waals surface area contributed by atoms with E-state index in [1.807, 2.05) is 0 Å². The number of carbonyl (C=O) groups is 1. The summed E-state index contributed by atoms with van der Waals surface area (Å²) in [5, 5.41) is 25.6. The van der Waals surface area contributed by atoms with Crippen LogP contribution in [-0.4, -0.2) is 20.9 Å². The van der Waals surface area contributed by atoms with E-state index in [0.29, 0.717) is 5.01 Å². The highest BCUT2D eigenvalue weighted by molar-refractivity contribution is 7.09. The Morgan fingerprint density at radius 1 is 1.55 bits per heavy atom. The van der Waals surface area contributed by atoms with Crippen molar-refractivity contribution in [2.75, 3.05) is 0 Å². The van der Waals surface area contributed by atoms with Gasteiger partial charge in [-0.15, -0.1) is 11.3 Å². The molecule has 8 heteroatoms. The van der Waals surface area contributed by atoms with Crippen LogP contribution in [0.2, 0.25) is 0 Å². The summed E-state index contributed by atoms with van der Waals surface area (Å²) in [5.74, 6) is -1.23. The van der Waals surface area contributed by atoms with E-state index >= 15 is 0 Å². The van der Waals surface area contributed by atoms with Crippen molar-refractivity contribution in [3.63, 3.8) is 0 Å². The molecule has 0 spiro atoms. The zero-order valence-electron chi connectivity index (χ0n) is 10.4. The standard InChI is InChI=1S/C12H11N3O4S/c1-7(12-13-5-6-20-12)14-11(17)8-3-2-4-9(10(8)16)15(18)19/h2-7,16H,1H3,(H,14,17). The number of amides is 1. The molecule has 0 saturated carbocycles. The van der Waals surface area contributed by atoms with E-state index in [1.165, 1.54) is 23.5 Å². The van der Waals surface area contributed by atoms with Crippen molar-refractivity contribution in [1.82, 2.24) is 10.3 Å². The maximum Gasteiger partial charge on any atom is 0.311 e. The lowest BCUT2D eigenvalue weighted by atomic mass is 10.1. The highest BCUT2D eigenvalue weighted by Gasteiger charge is 2.22. The van der Waals surface area contributed by atoms with Gasteiger partial charge in [-0.2, -0.15) is 0 Å². The number of aromatic nitrogens is 1. The van der Waals surface area contributed by atoms with Crippen LogP contribution in [0.15, 0.2) is 29.8 Å². The molecule has 2 rings (SSSR count). The number of nitrogens with zero attached hydrogens (tertiary/aromatic N) is 2. The molecule has 0 aliphatic rings. The summed E-state index contributed by atoms with van der Waals surface area (Å²) in [6.07, 6.45) is 1.62. The fraction of sp³-hybridized carbons (Fsp3) is 0.167. The summed E-state index contributed by atoms with van der Waals surface area (Å²) in [6, 6.07) is 3.46. The van der Waals surface area contributed by atoms with Crippen LogP contribution >= 0.6 is 11.3 Å². The first kappa shape index (κ1) is 13.9. The summed E-state index contributed by atoms with van der Waals surface area (Å²) in [7, 11) is 0. The van der Waals surface area contributed by atoms with Gasteiger partial charge in [-0.05, 0) is 13.0 Å². The Labute approximate surface area is 118 Å². The Kier molecular flexibility index (Phi) is 3.94. The van der Waals surface area contributed by atoms with Gasteiger partial charge in [0.25, 0.3) is 5.91 Å². The van der Waals surface area contributed by atoms with Crippen LogP contribution in [0.5, 0.6) is 5.75 Å². The van der Waals surface area contributed by atoms with E-state index < -0.39 is 22.3 Å². The van der Waals surface area contributed by atoms with Crippen molar-refractivity contribution >= 4 is 22.9 Å². The minimum Gasteiger partial charge on any atom is -0.502 e. The Balaban J connectivity index is 2.22. The number of nitro groups is 1. The number of rotatable bonds is 4. The molecule has 0 bridgehead atoms. The smallest absolute Gasteiger partial charge is 0.311 e. The van der Waals surface area contributed by atoms with Gasteiger partial charge in [-0.3, -0.25) is 14.9 Å². The number of para-hydroxylation sites is 1. The van der Waals surface area contributed by atoms with Crippen LogP contribution in [0.25, 0.3) is 0 Å². The number of phenolic OH excluding ortho intramolecular Hbond substituents is 1. The largest absolute Gasteiger partial charge is 0.502 e. The van der Waals surface area contributed by atoms with Gasteiger partial charge in [0, 0.05) is 17.6 Å². The van der Waals surface area contributed by atoms with E-state index in [0.717, 1.165) is 6.07 Å².